The molecule has 5 nitrogen and oxygen atoms in total. The first kappa shape index (κ1) is 18.0. The number of carbonyl (C=O) groups is 2. The highest BCUT2D eigenvalue weighted by molar-refractivity contribution is 5.76. The van der Waals surface area contributed by atoms with Gasteiger partial charge in [0.1, 0.15) is 0 Å². The molecule has 0 aromatic heterocycles. The highest BCUT2D eigenvalue weighted by atomic mass is 16.4. The molecule has 1 amide bonds. The summed E-state index contributed by atoms with van der Waals surface area (Å²) in [6.07, 6.45) is 5.37. The van der Waals surface area contributed by atoms with Crippen LogP contribution in [-0.2, 0) is 9.59 Å². The first-order chi connectivity index (χ1) is 10.1. The number of carbonyl (C=O) groups excluding carboxylic acids is 1. The summed E-state index contributed by atoms with van der Waals surface area (Å²) in [4.78, 5) is 24.9. The second kappa shape index (κ2) is 9.77. The molecular weight excluding hydrogens is 268 g/mol. The average Bonchev–Trinajstić information content (AvgIpc) is 2.48. The van der Waals surface area contributed by atoms with Crippen molar-refractivity contribution in [3.8, 4) is 0 Å². The number of aliphatic carboxylic acids is 1. The monoisotopic (exact) mass is 298 g/mol. The van der Waals surface area contributed by atoms with E-state index in [0.29, 0.717) is 6.42 Å². The molecule has 122 valence electrons. The van der Waals surface area contributed by atoms with Crippen molar-refractivity contribution in [3.63, 3.8) is 0 Å². The average molecular weight is 298 g/mol. The second-order valence-corrected chi connectivity index (χ2v) is 5.86. The summed E-state index contributed by atoms with van der Waals surface area (Å²) in [5, 5.41) is 12.6. The minimum absolute atomic E-state index is 0.191. The molecule has 1 fully saturated rings. The predicted molar refractivity (Wildman–Crippen MR) is 83.1 cm³/mol. The zero-order chi connectivity index (χ0) is 15.7. The van der Waals surface area contributed by atoms with Gasteiger partial charge in [-0.15, -0.1) is 0 Å². The van der Waals surface area contributed by atoms with Crippen molar-refractivity contribution in [1.29, 1.82) is 0 Å². The number of nitrogens with one attached hydrogen (secondary N) is 1. The number of carboxylic acid groups (broad SMARTS) is 1. The molecule has 5 heteroatoms. The molecule has 0 bridgehead atoms. The lowest BCUT2D eigenvalue weighted by molar-refractivity contribution is -0.144. The highest BCUT2D eigenvalue weighted by Gasteiger charge is 2.30. The van der Waals surface area contributed by atoms with Crippen molar-refractivity contribution >= 4 is 11.9 Å². The molecule has 1 aliphatic rings. The lowest BCUT2D eigenvalue weighted by Gasteiger charge is -2.28. The number of carboxylic acids is 1. The number of hydrogen-bond acceptors (Lipinski definition) is 3. The van der Waals surface area contributed by atoms with Gasteiger partial charge in [0, 0.05) is 19.5 Å². The minimum atomic E-state index is -0.654. The van der Waals surface area contributed by atoms with E-state index in [1.54, 1.807) is 0 Å². The van der Waals surface area contributed by atoms with Gasteiger partial charge in [-0.1, -0.05) is 12.8 Å². The predicted octanol–water partition coefficient (Wildman–Crippen LogP) is 2.12. The Morgan fingerprint density at radius 2 is 1.86 bits per heavy atom. The third-order valence-electron chi connectivity index (χ3n) is 4.49. The molecule has 1 rings (SSSR count). The molecular formula is C16H30N2O3. The van der Waals surface area contributed by atoms with Crippen LogP contribution in [0, 0.1) is 11.8 Å². The SMILES string of the molecule is CCN(CC)C(=O)CCCNCC1CCCCC1C(=O)O. The normalized spacial score (nSPS) is 22.0. The van der Waals surface area contributed by atoms with Crippen LogP contribution in [0.4, 0.5) is 0 Å². The van der Waals surface area contributed by atoms with Crippen LogP contribution in [0.5, 0.6) is 0 Å². The van der Waals surface area contributed by atoms with Gasteiger partial charge in [-0.05, 0) is 52.1 Å². The quantitative estimate of drug-likeness (QED) is 0.640. The topological polar surface area (TPSA) is 69.6 Å². The zero-order valence-corrected chi connectivity index (χ0v) is 13.4. The summed E-state index contributed by atoms with van der Waals surface area (Å²) in [5.74, 6) is -0.389. The Morgan fingerprint density at radius 1 is 1.19 bits per heavy atom. The van der Waals surface area contributed by atoms with Gasteiger partial charge in [0.15, 0.2) is 0 Å². The van der Waals surface area contributed by atoms with Gasteiger partial charge >= 0.3 is 5.97 Å². The summed E-state index contributed by atoms with van der Waals surface area (Å²) in [6, 6.07) is 0. The Balaban J connectivity index is 2.18. The molecule has 1 aliphatic carbocycles. The van der Waals surface area contributed by atoms with Gasteiger partial charge in [0.25, 0.3) is 0 Å². The molecule has 1 saturated carbocycles. The van der Waals surface area contributed by atoms with Crippen molar-refractivity contribution in [2.45, 2.75) is 52.4 Å². The third-order valence-corrected chi connectivity index (χ3v) is 4.49. The number of hydrogen-bond donors (Lipinski definition) is 2. The van der Waals surface area contributed by atoms with Gasteiger partial charge in [0.05, 0.1) is 5.92 Å². The van der Waals surface area contributed by atoms with E-state index in [1.807, 2.05) is 18.7 Å². The highest BCUT2D eigenvalue weighted by Crippen LogP contribution is 2.29. The van der Waals surface area contributed by atoms with E-state index in [4.69, 9.17) is 0 Å². The number of nitrogens with zero attached hydrogens (tertiary/aromatic N) is 1. The maximum atomic E-state index is 11.8. The molecule has 2 N–H and O–H groups in total. The first-order valence-electron chi connectivity index (χ1n) is 8.31. The van der Waals surface area contributed by atoms with Crippen LogP contribution in [0.25, 0.3) is 0 Å². The molecule has 0 saturated heterocycles. The van der Waals surface area contributed by atoms with E-state index in [0.717, 1.165) is 58.3 Å². The summed E-state index contributed by atoms with van der Waals surface area (Å²) in [6.45, 7) is 7.08. The van der Waals surface area contributed by atoms with E-state index in [-0.39, 0.29) is 17.7 Å². The van der Waals surface area contributed by atoms with Crippen molar-refractivity contribution in [3.05, 3.63) is 0 Å². The van der Waals surface area contributed by atoms with Crippen molar-refractivity contribution in [2.24, 2.45) is 11.8 Å². The molecule has 21 heavy (non-hydrogen) atoms. The fraction of sp³-hybridized carbons (Fsp3) is 0.875. The van der Waals surface area contributed by atoms with Gasteiger partial charge in [0.2, 0.25) is 5.91 Å². The van der Waals surface area contributed by atoms with Crippen LogP contribution in [-0.4, -0.2) is 48.1 Å². The van der Waals surface area contributed by atoms with E-state index >= 15 is 0 Å². The first-order valence-corrected chi connectivity index (χ1v) is 8.31. The van der Waals surface area contributed by atoms with Crippen molar-refractivity contribution < 1.29 is 14.7 Å². The second-order valence-electron chi connectivity index (χ2n) is 5.86. The lowest BCUT2D eigenvalue weighted by Crippen LogP contribution is -2.35. The van der Waals surface area contributed by atoms with Crippen LogP contribution in [0.1, 0.15) is 52.4 Å². The van der Waals surface area contributed by atoms with Crippen molar-refractivity contribution in [2.75, 3.05) is 26.2 Å². The molecule has 2 unspecified atom stereocenters. The van der Waals surface area contributed by atoms with E-state index < -0.39 is 5.97 Å². The Labute approximate surface area is 128 Å². The van der Waals surface area contributed by atoms with Crippen LogP contribution in [0.2, 0.25) is 0 Å². The zero-order valence-electron chi connectivity index (χ0n) is 13.4. The molecule has 0 radical (unpaired) electrons. The van der Waals surface area contributed by atoms with Gasteiger partial charge in [-0.2, -0.15) is 0 Å². The van der Waals surface area contributed by atoms with Crippen LogP contribution < -0.4 is 5.32 Å². The van der Waals surface area contributed by atoms with E-state index in [9.17, 15) is 14.7 Å². The van der Waals surface area contributed by atoms with E-state index in [1.165, 1.54) is 0 Å². The minimum Gasteiger partial charge on any atom is -0.481 e. The van der Waals surface area contributed by atoms with Gasteiger partial charge in [-0.25, -0.2) is 0 Å². The van der Waals surface area contributed by atoms with Crippen LogP contribution in [0.15, 0.2) is 0 Å². The maximum Gasteiger partial charge on any atom is 0.306 e. The largest absolute Gasteiger partial charge is 0.481 e. The number of rotatable bonds is 9. The Hall–Kier alpha value is -1.10. The Kier molecular flexibility index (Phi) is 8.35. The summed E-state index contributed by atoms with van der Waals surface area (Å²) in [7, 11) is 0. The maximum absolute atomic E-state index is 11.8. The molecule has 2 atom stereocenters. The molecule has 0 aromatic rings. The fourth-order valence-electron chi connectivity index (χ4n) is 3.16. The summed E-state index contributed by atoms with van der Waals surface area (Å²) in [5.41, 5.74) is 0. The Bertz CT molecular complexity index is 329. The standard InChI is InChI=1S/C16H30N2O3/c1-3-18(4-2)15(19)10-7-11-17-12-13-8-5-6-9-14(13)16(20)21/h13-14,17H,3-12H2,1-2H3,(H,20,21). The van der Waals surface area contributed by atoms with Crippen LogP contribution >= 0.6 is 0 Å². The van der Waals surface area contributed by atoms with Crippen LogP contribution in [0.3, 0.4) is 0 Å². The Morgan fingerprint density at radius 3 is 2.48 bits per heavy atom. The summed E-state index contributed by atoms with van der Waals surface area (Å²) >= 11 is 0. The molecule has 0 aliphatic heterocycles. The van der Waals surface area contributed by atoms with Crippen molar-refractivity contribution in [1.82, 2.24) is 10.2 Å². The third kappa shape index (κ3) is 6.04. The smallest absolute Gasteiger partial charge is 0.306 e. The van der Waals surface area contributed by atoms with E-state index in [2.05, 4.69) is 5.32 Å². The lowest BCUT2D eigenvalue weighted by atomic mass is 9.79. The fourth-order valence-corrected chi connectivity index (χ4v) is 3.16. The van der Waals surface area contributed by atoms with Gasteiger partial charge < -0.3 is 15.3 Å². The number of amides is 1. The molecule has 0 spiro atoms. The molecule has 0 heterocycles. The van der Waals surface area contributed by atoms with Gasteiger partial charge in [-0.3, -0.25) is 9.59 Å². The summed E-state index contributed by atoms with van der Waals surface area (Å²) < 4.78 is 0. The molecule has 0 aromatic carbocycles.